The van der Waals surface area contributed by atoms with Crippen LogP contribution in [-0.4, -0.2) is 30.1 Å². The van der Waals surface area contributed by atoms with E-state index in [1.807, 2.05) is 73.7 Å². The molecule has 0 bridgehead atoms. The first-order valence-corrected chi connectivity index (χ1v) is 12.5. The Hall–Kier alpha value is -4.29. The molecule has 194 valence electrons. The summed E-state index contributed by atoms with van der Waals surface area (Å²) in [5.41, 5.74) is 4.05. The first kappa shape index (κ1) is 26.8. The summed E-state index contributed by atoms with van der Waals surface area (Å²) >= 11 is 5.96. The second kappa shape index (κ2) is 12.3. The van der Waals surface area contributed by atoms with Crippen LogP contribution in [0.3, 0.4) is 0 Å². The number of para-hydroxylation sites is 2. The van der Waals surface area contributed by atoms with E-state index < -0.39 is 17.9 Å². The van der Waals surface area contributed by atoms with Crippen LogP contribution in [0.25, 0.3) is 11.1 Å². The third-order valence-corrected chi connectivity index (χ3v) is 6.39. The maximum Gasteiger partial charge on any atom is 0.328 e. The Morgan fingerprint density at radius 3 is 2.39 bits per heavy atom. The third-order valence-electron chi connectivity index (χ3n) is 6.16. The molecule has 1 atom stereocenters. The number of aromatic hydroxyl groups is 1. The molecule has 0 spiro atoms. The zero-order chi connectivity index (χ0) is 27.1. The van der Waals surface area contributed by atoms with E-state index in [2.05, 4.69) is 11.4 Å². The Labute approximate surface area is 226 Å². The van der Waals surface area contributed by atoms with Gasteiger partial charge < -0.3 is 19.9 Å². The topological polar surface area (TPSA) is 84.9 Å². The Balaban J connectivity index is 1.49. The molecule has 4 aromatic rings. The summed E-state index contributed by atoms with van der Waals surface area (Å²) < 4.78 is 11.0. The van der Waals surface area contributed by atoms with Crippen LogP contribution in [0.2, 0.25) is 5.02 Å². The number of esters is 1. The molecule has 0 aliphatic rings. The lowest BCUT2D eigenvalue weighted by Crippen LogP contribution is -2.41. The number of hydrogen-bond acceptors (Lipinski definition) is 5. The number of carbonyl (C=O) groups is 2. The van der Waals surface area contributed by atoms with Crippen LogP contribution in [0.1, 0.15) is 27.9 Å². The zero-order valence-corrected chi connectivity index (χ0v) is 21.9. The van der Waals surface area contributed by atoms with Gasteiger partial charge in [-0.15, -0.1) is 0 Å². The lowest BCUT2D eigenvalue weighted by atomic mass is 9.95. The monoisotopic (exact) mass is 529 g/mol. The molecule has 1 amide bonds. The van der Waals surface area contributed by atoms with Crippen LogP contribution in [0.5, 0.6) is 17.2 Å². The number of phenolic OH excluding ortho intramolecular Hbond substituents is 1. The van der Waals surface area contributed by atoms with Crippen molar-refractivity contribution in [3.63, 3.8) is 0 Å². The fourth-order valence-electron chi connectivity index (χ4n) is 4.21. The molecule has 38 heavy (non-hydrogen) atoms. The summed E-state index contributed by atoms with van der Waals surface area (Å²) in [6.45, 7) is 2.03. The number of rotatable bonds is 9. The molecule has 0 aliphatic heterocycles. The molecule has 0 fully saturated rings. The van der Waals surface area contributed by atoms with Crippen molar-refractivity contribution in [1.82, 2.24) is 5.32 Å². The average molecular weight is 530 g/mol. The Bertz CT molecular complexity index is 1440. The fourth-order valence-corrected chi connectivity index (χ4v) is 4.38. The number of carbonyl (C=O) groups excluding carboxylic acids is 2. The van der Waals surface area contributed by atoms with Gasteiger partial charge in [-0.05, 0) is 72.9 Å². The van der Waals surface area contributed by atoms with Gasteiger partial charge in [-0.2, -0.15) is 0 Å². The van der Waals surface area contributed by atoms with Gasteiger partial charge in [-0.25, -0.2) is 4.79 Å². The van der Waals surface area contributed by atoms with Crippen LogP contribution in [0.15, 0.2) is 91.0 Å². The number of nitrogens with one attached hydrogen (secondary N) is 1. The van der Waals surface area contributed by atoms with Gasteiger partial charge in [0.2, 0.25) is 0 Å². The molecule has 4 aromatic carbocycles. The molecule has 0 saturated heterocycles. The van der Waals surface area contributed by atoms with E-state index in [4.69, 9.17) is 21.1 Å². The van der Waals surface area contributed by atoms with Crippen molar-refractivity contribution in [1.29, 1.82) is 0 Å². The van der Waals surface area contributed by atoms with Crippen LogP contribution < -0.4 is 10.1 Å². The smallest absolute Gasteiger partial charge is 0.328 e. The molecule has 0 unspecified atom stereocenters. The van der Waals surface area contributed by atoms with Crippen LogP contribution in [0, 0.1) is 6.92 Å². The number of ether oxygens (including phenoxy) is 2. The van der Waals surface area contributed by atoms with E-state index in [1.54, 1.807) is 0 Å². The quantitative estimate of drug-likeness (QED) is 0.235. The van der Waals surface area contributed by atoms with E-state index in [9.17, 15) is 14.7 Å². The van der Waals surface area contributed by atoms with Crippen molar-refractivity contribution in [2.75, 3.05) is 7.11 Å². The Morgan fingerprint density at radius 1 is 0.921 bits per heavy atom. The highest BCUT2D eigenvalue weighted by molar-refractivity contribution is 6.31. The second-order valence-electron chi connectivity index (χ2n) is 8.81. The molecular weight excluding hydrogens is 502 g/mol. The first-order chi connectivity index (χ1) is 18.4. The third kappa shape index (κ3) is 6.52. The van der Waals surface area contributed by atoms with Gasteiger partial charge >= 0.3 is 5.97 Å². The standard InChI is InChI=1S/C31H28ClNO5/c1-20-18-21(12-15-24(20)25-10-6-7-11-29(25)38-23-8-4-3-5-9-23)13-16-27(31(36)37-2)33-30(35)26-19-22(32)14-17-28(26)34/h3-12,14-15,17-19,27,34H,13,16H2,1-2H3,(H,33,35)/t27-/m0/s1. The molecule has 0 saturated carbocycles. The van der Waals surface area contributed by atoms with Gasteiger partial charge in [-0.3, -0.25) is 4.79 Å². The van der Waals surface area contributed by atoms with E-state index in [-0.39, 0.29) is 11.3 Å². The summed E-state index contributed by atoms with van der Waals surface area (Å²) in [4.78, 5) is 25.1. The predicted octanol–water partition coefficient (Wildman–Crippen LogP) is 6.72. The van der Waals surface area contributed by atoms with Gasteiger partial charge in [0, 0.05) is 10.6 Å². The van der Waals surface area contributed by atoms with E-state index in [0.717, 1.165) is 33.8 Å². The molecular formula is C31H28ClNO5. The van der Waals surface area contributed by atoms with Crippen molar-refractivity contribution >= 4 is 23.5 Å². The maximum absolute atomic E-state index is 12.7. The van der Waals surface area contributed by atoms with Crippen molar-refractivity contribution in [3.05, 3.63) is 113 Å². The summed E-state index contributed by atoms with van der Waals surface area (Å²) in [5.74, 6) is 0.115. The highest BCUT2D eigenvalue weighted by atomic mass is 35.5. The van der Waals surface area contributed by atoms with Gasteiger partial charge in [-0.1, -0.05) is 66.2 Å². The molecule has 0 radical (unpaired) electrons. The van der Waals surface area contributed by atoms with E-state index in [0.29, 0.717) is 17.9 Å². The molecule has 2 N–H and O–H groups in total. The number of phenols is 1. The van der Waals surface area contributed by atoms with Crippen LogP contribution in [0.4, 0.5) is 0 Å². The summed E-state index contributed by atoms with van der Waals surface area (Å²) in [7, 11) is 1.27. The SMILES string of the molecule is COC(=O)[C@H](CCc1ccc(-c2ccccc2Oc2ccccc2)c(C)c1)NC(=O)c1cc(Cl)ccc1O. The number of halogens is 1. The maximum atomic E-state index is 12.7. The van der Waals surface area contributed by atoms with E-state index in [1.165, 1.54) is 25.3 Å². The van der Waals surface area contributed by atoms with Crippen molar-refractivity contribution in [2.45, 2.75) is 25.8 Å². The lowest BCUT2D eigenvalue weighted by Gasteiger charge is -2.18. The molecule has 0 heterocycles. The number of hydrogen-bond donors (Lipinski definition) is 2. The molecule has 6 nitrogen and oxygen atoms in total. The summed E-state index contributed by atoms with van der Waals surface area (Å²) in [6, 6.07) is 26.9. The summed E-state index contributed by atoms with van der Waals surface area (Å²) in [5, 5.41) is 13.0. The number of methoxy groups -OCH3 is 1. The summed E-state index contributed by atoms with van der Waals surface area (Å²) in [6.07, 6.45) is 0.830. The zero-order valence-electron chi connectivity index (χ0n) is 21.1. The fraction of sp³-hybridized carbons (Fsp3) is 0.161. The van der Waals surface area contributed by atoms with Gasteiger partial charge in [0.05, 0.1) is 12.7 Å². The molecule has 4 rings (SSSR count). The van der Waals surface area contributed by atoms with Crippen molar-refractivity contribution in [3.8, 4) is 28.4 Å². The Kier molecular flexibility index (Phi) is 8.66. The molecule has 0 aliphatic carbocycles. The van der Waals surface area contributed by atoms with E-state index >= 15 is 0 Å². The highest BCUT2D eigenvalue weighted by Gasteiger charge is 2.24. The number of benzene rings is 4. The van der Waals surface area contributed by atoms with Gasteiger partial charge in [0.1, 0.15) is 23.3 Å². The van der Waals surface area contributed by atoms with Gasteiger partial charge in [0.15, 0.2) is 0 Å². The number of aryl methyl sites for hydroxylation is 2. The number of amides is 1. The molecule has 0 aromatic heterocycles. The normalized spacial score (nSPS) is 11.4. The minimum Gasteiger partial charge on any atom is -0.507 e. The van der Waals surface area contributed by atoms with Crippen molar-refractivity contribution < 1.29 is 24.2 Å². The predicted molar refractivity (Wildman–Crippen MR) is 148 cm³/mol. The van der Waals surface area contributed by atoms with Gasteiger partial charge in [0.25, 0.3) is 5.91 Å². The average Bonchev–Trinajstić information content (AvgIpc) is 2.93. The van der Waals surface area contributed by atoms with Crippen LogP contribution in [-0.2, 0) is 16.0 Å². The van der Waals surface area contributed by atoms with Crippen LogP contribution >= 0.6 is 11.6 Å². The largest absolute Gasteiger partial charge is 0.507 e. The minimum atomic E-state index is -0.897. The lowest BCUT2D eigenvalue weighted by molar-refractivity contribution is -0.143. The molecule has 7 heteroatoms. The second-order valence-corrected chi connectivity index (χ2v) is 9.25. The minimum absolute atomic E-state index is 0.0111. The first-order valence-electron chi connectivity index (χ1n) is 12.1. The Morgan fingerprint density at radius 2 is 1.66 bits per heavy atom. The highest BCUT2D eigenvalue weighted by Crippen LogP contribution is 2.35. The van der Waals surface area contributed by atoms with Crippen molar-refractivity contribution in [2.24, 2.45) is 0 Å².